The molecule has 0 spiro atoms. The fourth-order valence-corrected chi connectivity index (χ4v) is 1.53. The Balaban J connectivity index is 2.33. The summed E-state index contributed by atoms with van der Waals surface area (Å²) in [5, 5.41) is 0. The van der Waals surface area contributed by atoms with E-state index in [4.69, 9.17) is 5.73 Å². The molecule has 2 rings (SSSR count). The van der Waals surface area contributed by atoms with Crippen LogP contribution in [0.5, 0.6) is 0 Å². The maximum atomic E-state index is 11.3. The van der Waals surface area contributed by atoms with Crippen molar-refractivity contribution in [1.82, 2.24) is 9.97 Å². The van der Waals surface area contributed by atoms with Crippen LogP contribution in [0.4, 0.5) is 0 Å². The van der Waals surface area contributed by atoms with Gasteiger partial charge in [0.1, 0.15) is 11.5 Å². The lowest BCUT2D eigenvalue weighted by atomic mass is 10.1. The molecule has 5 heteroatoms. The second-order valence-electron chi connectivity index (χ2n) is 3.54. The molecule has 3 N–H and O–H groups in total. The van der Waals surface area contributed by atoms with Crippen molar-refractivity contribution in [3.05, 3.63) is 41.7 Å². The van der Waals surface area contributed by atoms with Crippen molar-refractivity contribution in [2.24, 2.45) is 5.73 Å². The summed E-state index contributed by atoms with van der Waals surface area (Å²) < 4.78 is 4.60. The van der Waals surface area contributed by atoms with Gasteiger partial charge in [0, 0.05) is 12.1 Å². The summed E-state index contributed by atoms with van der Waals surface area (Å²) in [5.74, 6) is 0.194. The molecule has 0 fully saturated rings. The van der Waals surface area contributed by atoms with E-state index in [9.17, 15) is 4.79 Å². The monoisotopic (exact) mass is 231 g/mol. The molecule has 0 aliphatic heterocycles. The van der Waals surface area contributed by atoms with Crippen molar-refractivity contribution >= 4 is 5.97 Å². The zero-order valence-corrected chi connectivity index (χ0v) is 9.43. The summed E-state index contributed by atoms with van der Waals surface area (Å²) in [5.41, 5.74) is 7.81. The SMILES string of the molecule is COC(=O)c1cnc(-c2cccc(CN)c2)[nH]1. The van der Waals surface area contributed by atoms with Crippen LogP contribution in [0.25, 0.3) is 11.4 Å². The molecule has 0 saturated heterocycles. The number of aromatic nitrogens is 2. The molecule has 0 bridgehead atoms. The van der Waals surface area contributed by atoms with Crippen LogP contribution in [-0.2, 0) is 11.3 Å². The quantitative estimate of drug-likeness (QED) is 0.781. The molecule has 17 heavy (non-hydrogen) atoms. The minimum absolute atomic E-state index is 0.334. The number of nitrogens with two attached hydrogens (primary N) is 1. The van der Waals surface area contributed by atoms with Crippen LogP contribution in [0.15, 0.2) is 30.5 Å². The highest BCUT2D eigenvalue weighted by atomic mass is 16.5. The van der Waals surface area contributed by atoms with Crippen LogP contribution >= 0.6 is 0 Å². The molecule has 0 saturated carbocycles. The van der Waals surface area contributed by atoms with Gasteiger partial charge in [0.05, 0.1) is 13.3 Å². The van der Waals surface area contributed by atoms with E-state index in [-0.39, 0.29) is 0 Å². The average Bonchev–Trinajstić information content (AvgIpc) is 2.87. The number of nitrogens with zero attached hydrogens (tertiary/aromatic N) is 1. The van der Waals surface area contributed by atoms with E-state index in [1.54, 1.807) is 0 Å². The Kier molecular flexibility index (Phi) is 3.20. The first-order chi connectivity index (χ1) is 8.24. The minimum Gasteiger partial charge on any atom is -0.464 e. The fourth-order valence-electron chi connectivity index (χ4n) is 1.53. The number of carbonyl (C=O) groups excluding carboxylic acids is 1. The number of methoxy groups -OCH3 is 1. The van der Waals surface area contributed by atoms with Crippen molar-refractivity contribution in [1.29, 1.82) is 0 Å². The summed E-state index contributed by atoms with van der Waals surface area (Å²) >= 11 is 0. The maximum Gasteiger partial charge on any atom is 0.356 e. The van der Waals surface area contributed by atoms with Gasteiger partial charge in [0.2, 0.25) is 0 Å². The van der Waals surface area contributed by atoms with Crippen LogP contribution in [0.3, 0.4) is 0 Å². The van der Waals surface area contributed by atoms with Crippen molar-refractivity contribution in [2.45, 2.75) is 6.54 Å². The average molecular weight is 231 g/mol. The summed E-state index contributed by atoms with van der Waals surface area (Å²) in [6.07, 6.45) is 1.45. The first-order valence-corrected chi connectivity index (χ1v) is 5.17. The molecule has 0 unspecified atom stereocenters. The lowest BCUT2D eigenvalue weighted by Crippen LogP contribution is -2.01. The van der Waals surface area contributed by atoms with Gasteiger partial charge in [0.25, 0.3) is 0 Å². The fraction of sp³-hybridized carbons (Fsp3) is 0.167. The number of aromatic amines is 1. The highest BCUT2D eigenvalue weighted by molar-refractivity contribution is 5.87. The predicted octanol–water partition coefficient (Wildman–Crippen LogP) is 1.32. The van der Waals surface area contributed by atoms with Crippen molar-refractivity contribution < 1.29 is 9.53 Å². The molecule has 0 aliphatic carbocycles. The third-order valence-corrected chi connectivity index (χ3v) is 2.42. The van der Waals surface area contributed by atoms with Gasteiger partial charge in [-0.3, -0.25) is 0 Å². The number of H-pyrrole nitrogens is 1. The number of nitrogens with one attached hydrogen (secondary N) is 1. The van der Waals surface area contributed by atoms with Crippen LogP contribution in [-0.4, -0.2) is 23.0 Å². The molecule has 0 atom stereocenters. The van der Waals surface area contributed by atoms with E-state index in [0.29, 0.717) is 18.1 Å². The third kappa shape index (κ3) is 2.34. The topological polar surface area (TPSA) is 81.0 Å². The van der Waals surface area contributed by atoms with Gasteiger partial charge < -0.3 is 15.5 Å². The van der Waals surface area contributed by atoms with Crippen molar-refractivity contribution in [3.63, 3.8) is 0 Å². The largest absolute Gasteiger partial charge is 0.464 e. The smallest absolute Gasteiger partial charge is 0.356 e. The number of carbonyl (C=O) groups is 1. The van der Waals surface area contributed by atoms with Crippen LogP contribution in [0, 0.1) is 0 Å². The Morgan fingerprint density at radius 2 is 2.35 bits per heavy atom. The number of hydrogen-bond donors (Lipinski definition) is 2. The number of ether oxygens (including phenoxy) is 1. The Hall–Kier alpha value is -2.14. The molecule has 2 aromatic rings. The van der Waals surface area contributed by atoms with E-state index in [0.717, 1.165) is 11.1 Å². The zero-order valence-electron chi connectivity index (χ0n) is 9.43. The first kappa shape index (κ1) is 11.3. The van der Waals surface area contributed by atoms with Gasteiger partial charge >= 0.3 is 5.97 Å². The molecule has 0 radical (unpaired) electrons. The predicted molar refractivity (Wildman–Crippen MR) is 63.3 cm³/mol. The van der Waals surface area contributed by atoms with Crippen molar-refractivity contribution in [3.8, 4) is 11.4 Å². The third-order valence-electron chi connectivity index (χ3n) is 2.42. The van der Waals surface area contributed by atoms with E-state index in [1.165, 1.54) is 13.3 Å². The zero-order chi connectivity index (χ0) is 12.3. The molecular weight excluding hydrogens is 218 g/mol. The normalized spacial score (nSPS) is 10.2. The van der Waals surface area contributed by atoms with E-state index >= 15 is 0 Å². The van der Waals surface area contributed by atoms with Gasteiger partial charge in [-0.1, -0.05) is 18.2 Å². The Morgan fingerprint density at radius 1 is 1.53 bits per heavy atom. The molecule has 1 heterocycles. The highest BCUT2D eigenvalue weighted by Crippen LogP contribution is 2.17. The lowest BCUT2D eigenvalue weighted by Gasteiger charge is -2.00. The van der Waals surface area contributed by atoms with Gasteiger partial charge in [-0.25, -0.2) is 9.78 Å². The molecular formula is C12H13N3O2. The van der Waals surface area contributed by atoms with Gasteiger partial charge in [0.15, 0.2) is 0 Å². The van der Waals surface area contributed by atoms with E-state index < -0.39 is 5.97 Å². The first-order valence-electron chi connectivity index (χ1n) is 5.17. The molecule has 5 nitrogen and oxygen atoms in total. The second-order valence-corrected chi connectivity index (χ2v) is 3.54. The maximum absolute atomic E-state index is 11.3. The Bertz CT molecular complexity index is 534. The van der Waals surface area contributed by atoms with E-state index in [1.807, 2.05) is 24.3 Å². The second kappa shape index (κ2) is 4.80. The summed E-state index contributed by atoms with van der Waals surface area (Å²) in [6.45, 7) is 0.471. The molecule has 0 aliphatic rings. The Morgan fingerprint density at radius 3 is 3.06 bits per heavy atom. The van der Waals surface area contributed by atoms with Crippen LogP contribution in [0.1, 0.15) is 16.1 Å². The summed E-state index contributed by atoms with van der Waals surface area (Å²) in [7, 11) is 1.33. The minimum atomic E-state index is -0.432. The van der Waals surface area contributed by atoms with E-state index in [2.05, 4.69) is 14.7 Å². The number of hydrogen-bond acceptors (Lipinski definition) is 4. The lowest BCUT2D eigenvalue weighted by molar-refractivity contribution is 0.0595. The number of esters is 1. The summed E-state index contributed by atoms with van der Waals surface area (Å²) in [4.78, 5) is 18.3. The number of rotatable bonds is 3. The molecule has 88 valence electrons. The molecule has 1 aromatic carbocycles. The van der Waals surface area contributed by atoms with Crippen molar-refractivity contribution in [2.75, 3.05) is 7.11 Å². The highest BCUT2D eigenvalue weighted by Gasteiger charge is 2.10. The van der Waals surface area contributed by atoms with Gasteiger partial charge in [-0.2, -0.15) is 0 Å². The summed E-state index contributed by atoms with van der Waals surface area (Å²) in [6, 6.07) is 7.67. The Labute approximate surface area is 98.6 Å². The van der Waals surface area contributed by atoms with Crippen LogP contribution in [0.2, 0.25) is 0 Å². The standard InChI is InChI=1S/C12H13N3O2/c1-17-12(16)10-7-14-11(15-10)9-4-2-3-8(5-9)6-13/h2-5,7H,6,13H2,1H3,(H,14,15). The molecule has 1 aromatic heterocycles. The molecule has 0 amide bonds. The van der Waals surface area contributed by atoms with Gasteiger partial charge in [-0.05, 0) is 11.6 Å². The van der Waals surface area contributed by atoms with Crippen LogP contribution < -0.4 is 5.73 Å². The number of benzene rings is 1. The number of imidazole rings is 1. The van der Waals surface area contributed by atoms with Gasteiger partial charge in [-0.15, -0.1) is 0 Å².